The number of esters is 1. The fourth-order valence-corrected chi connectivity index (χ4v) is 3.28. The van der Waals surface area contributed by atoms with Crippen molar-refractivity contribution in [2.45, 2.75) is 5.60 Å². The van der Waals surface area contributed by atoms with Crippen molar-refractivity contribution in [1.82, 2.24) is 0 Å². The van der Waals surface area contributed by atoms with Gasteiger partial charge in [0.1, 0.15) is 11.5 Å². The molecule has 0 radical (unpaired) electrons. The largest absolute Gasteiger partial charge is 0.508 e. The molecule has 4 heteroatoms. The molecule has 0 bridgehead atoms. The van der Waals surface area contributed by atoms with Crippen molar-refractivity contribution in [3.8, 4) is 11.5 Å². The zero-order valence-electron chi connectivity index (χ0n) is 12.6. The minimum Gasteiger partial charge on any atom is -0.508 e. The van der Waals surface area contributed by atoms with Gasteiger partial charge < -0.3 is 14.9 Å². The summed E-state index contributed by atoms with van der Waals surface area (Å²) >= 11 is 0. The molecule has 3 aromatic carbocycles. The average molecular weight is 318 g/mol. The maximum Gasteiger partial charge on any atom is 0.340 e. The Kier molecular flexibility index (Phi) is 3.06. The summed E-state index contributed by atoms with van der Waals surface area (Å²) in [7, 11) is 0. The number of rotatable bonds is 2. The van der Waals surface area contributed by atoms with E-state index in [-0.39, 0.29) is 11.5 Å². The third-order valence-electron chi connectivity index (χ3n) is 4.31. The molecule has 0 fully saturated rings. The van der Waals surface area contributed by atoms with E-state index in [1.165, 1.54) is 12.1 Å². The van der Waals surface area contributed by atoms with Gasteiger partial charge in [-0.2, -0.15) is 0 Å². The molecule has 1 atom stereocenters. The molecular formula is C20H14O4. The molecular weight excluding hydrogens is 304 g/mol. The Balaban J connectivity index is 2.08. The van der Waals surface area contributed by atoms with Crippen LogP contribution < -0.4 is 0 Å². The number of phenols is 2. The number of fused-ring (bicyclic) bond motifs is 1. The number of phenolic OH excluding ortho intramolecular Hbond substituents is 2. The van der Waals surface area contributed by atoms with Crippen LogP contribution in [0.2, 0.25) is 0 Å². The molecule has 4 rings (SSSR count). The van der Waals surface area contributed by atoms with Gasteiger partial charge in [0.15, 0.2) is 5.60 Å². The highest BCUT2D eigenvalue weighted by Crippen LogP contribution is 2.49. The number of benzene rings is 3. The van der Waals surface area contributed by atoms with Crippen LogP contribution in [0.1, 0.15) is 27.0 Å². The van der Waals surface area contributed by atoms with E-state index in [1.807, 2.05) is 42.5 Å². The standard InChI is InChI=1S/C20H14O4/c21-14-10-11-17(18(22)12-14)20(13-6-2-1-3-7-13)16-9-5-4-8-15(16)19(23)24-20/h1-12,21-22H. The van der Waals surface area contributed by atoms with Crippen LogP contribution in [0.3, 0.4) is 0 Å². The average Bonchev–Trinajstić information content (AvgIpc) is 2.90. The van der Waals surface area contributed by atoms with Crippen LogP contribution in [0.25, 0.3) is 0 Å². The highest BCUT2D eigenvalue weighted by molar-refractivity contribution is 5.96. The summed E-state index contributed by atoms with van der Waals surface area (Å²) in [5.41, 5.74) is 1.03. The third kappa shape index (κ3) is 1.90. The molecule has 1 heterocycles. The Hall–Kier alpha value is -3.27. The maximum absolute atomic E-state index is 12.5. The Bertz CT molecular complexity index is 933. The lowest BCUT2D eigenvalue weighted by Gasteiger charge is -2.30. The van der Waals surface area contributed by atoms with Crippen LogP contribution in [0.4, 0.5) is 0 Å². The van der Waals surface area contributed by atoms with Gasteiger partial charge in [0.05, 0.1) is 5.56 Å². The number of carbonyl (C=O) groups excluding carboxylic acids is 1. The number of ether oxygens (including phenoxy) is 1. The van der Waals surface area contributed by atoms with Crippen LogP contribution in [0.15, 0.2) is 72.8 Å². The van der Waals surface area contributed by atoms with E-state index < -0.39 is 11.6 Å². The van der Waals surface area contributed by atoms with Crippen LogP contribution in [-0.2, 0) is 10.3 Å². The molecule has 0 aromatic heterocycles. The summed E-state index contributed by atoms with van der Waals surface area (Å²) in [6, 6.07) is 20.7. The van der Waals surface area contributed by atoms with E-state index in [2.05, 4.69) is 0 Å². The van der Waals surface area contributed by atoms with E-state index in [1.54, 1.807) is 18.2 Å². The SMILES string of the molecule is O=C1OC(c2ccccc2)(c2ccc(O)cc2O)c2ccccc21. The molecule has 4 nitrogen and oxygen atoms in total. The highest BCUT2D eigenvalue weighted by atomic mass is 16.6. The zero-order valence-corrected chi connectivity index (χ0v) is 12.6. The fourth-order valence-electron chi connectivity index (χ4n) is 3.28. The lowest BCUT2D eigenvalue weighted by molar-refractivity contribution is 0.0245. The van der Waals surface area contributed by atoms with Crippen LogP contribution in [0, 0.1) is 0 Å². The smallest absolute Gasteiger partial charge is 0.340 e. The number of hydrogen-bond donors (Lipinski definition) is 2. The van der Waals surface area contributed by atoms with Crippen molar-refractivity contribution >= 4 is 5.97 Å². The molecule has 0 aliphatic carbocycles. The van der Waals surface area contributed by atoms with Gasteiger partial charge in [0, 0.05) is 22.8 Å². The topological polar surface area (TPSA) is 66.8 Å². The van der Waals surface area contributed by atoms with Crippen molar-refractivity contribution in [2.24, 2.45) is 0 Å². The first kappa shape index (κ1) is 14.3. The normalized spacial score (nSPS) is 18.9. The molecule has 1 unspecified atom stereocenters. The fraction of sp³-hybridized carbons (Fsp3) is 0.0500. The van der Waals surface area contributed by atoms with E-state index >= 15 is 0 Å². The van der Waals surface area contributed by atoms with Crippen LogP contribution in [0.5, 0.6) is 11.5 Å². The van der Waals surface area contributed by atoms with E-state index in [0.29, 0.717) is 16.7 Å². The lowest BCUT2D eigenvalue weighted by Crippen LogP contribution is -2.29. The number of hydrogen-bond acceptors (Lipinski definition) is 4. The predicted molar refractivity (Wildman–Crippen MR) is 88.0 cm³/mol. The molecule has 1 aliphatic rings. The Morgan fingerprint density at radius 1 is 0.792 bits per heavy atom. The number of carbonyl (C=O) groups is 1. The van der Waals surface area contributed by atoms with Gasteiger partial charge in [-0.3, -0.25) is 0 Å². The summed E-state index contributed by atoms with van der Waals surface area (Å²) in [5, 5.41) is 20.1. The Labute approximate surface area is 138 Å². The summed E-state index contributed by atoms with van der Waals surface area (Å²) in [6.45, 7) is 0. The molecule has 3 aromatic rings. The van der Waals surface area contributed by atoms with Crippen LogP contribution in [-0.4, -0.2) is 16.2 Å². The van der Waals surface area contributed by atoms with Gasteiger partial charge in [0.25, 0.3) is 0 Å². The first-order valence-corrected chi connectivity index (χ1v) is 7.54. The second-order valence-electron chi connectivity index (χ2n) is 5.68. The van der Waals surface area contributed by atoms with Gasteiger partial charge in [-0.15, -0.1) is 0 Å². The predicted octanol–water partition coefficient (Wildman–Crippen LogP) is 3.56. The summed E-state index contributed by atoms with van der Waals surface area (Å²) < 4.78 is 5.83. The monoisotopic (exact) mass is 318 g/mol. The molecule has 0 saturated heterocycles. The minimum absolute atomic E-state index is 0.0583. The molecule has 0 spiro atoms. The Morgan fingerprint density at radius 3 is 2.25 bits per heavy atom. The van der Waals surface area contributed by atoms with Gasteiger partial charge in [-0.25, -0.2) is 4.79 Å². The number of cyclic esters (lactones) is 1. The van der Waals surface area contributed by atoms with Gasteiger partial charge in [0.2, 0.25) is 0 Å². The van der Waals surface area contributed by atoms with Gasteiger partial charge in [-0.05, 0) is 18.2 Å². The molecule has 1 aliphatic heterocycles. The lowest BCUT2D eigenvalue weighted by atomic mass is 9.79. The van der Waals surface area contributed by atoms with Crippen molar-refractivity contribution < 1.29 is 19.7 Å². The molecule has 24 heavy (non-hydrogen) atoms. The Morgan fingerprint density at radius 2 is 1.50 bits per heavy atom. The minimum atomic E-state index is -1.24. The van der Waals surface area contributed by atoms with Gasteiger partial charge in [-0.1, -0.05) is 48.5 Å². The van der Waals surface area contributed by atoms with Crippen molar-refractivity contribution in [3.63, 3.8) is 0 Å². The van der Waals surface area contributed by atoms with Crippen molar-refractivity contribution in [3.05, 3.63) is 95.1 Å². The van der Waals surface area contributed by atoms with Crippen molar-refractivity contribution in [1.29, 1.82) is 0 Å². The third-order valence-corrected chi connectivity index (χ3v) is 4.31. The summed E-state index contributed by atoms with van der Waals surface area (Å²) in [4.78, 5) is 12.5. The molecule has 118 valence electrons. The first-order valence-electron chi connectivity index (χ1n) is 7.54. The van der Waals surface area contributed by atoms with E-state index in [9.17, 15) is 15.0 Å². The van der Waals surface area contributed by atoms with Gasteiger partial charge >= 0.3 is 5.97 Å². The summed E-state index contributed by atoms with van der Waals surface area (Å²) in [6.07, 6.45) is 0. The zero-order chi connectivity index (χ0) is 16.7. The quantitative estimate of drug-likeness (QED) is 0.709. The highest BCUT2D eigenvalue weighted by Gasteiger charge is 2.49. The first-order chi connectivity index (χ1) is 11.6. The second-order valence-corrected chi connectivity index (χ2v) is 5.68. The summed E-state index contributed by atoms with van der Waals surface area (Å²) in [5.74, 6) is -0.637. The van der Waals surface area contributed by atoms with E-state index in [4.69, 9.17) is 4.74 Å². The molecule has 0 amide bonds. The van der Waals surface area contributed by atoms with Crippen molar-refractivity contribution in [2.75, 3.05) is 0 Å². The molecule has 2 N–H and O–H groups in total. The second kappa shape index (κ2) is 5.13. The van der Waals surface area contributed by atoms with E-state index in [0.717, 1.165) is 5.56 Å². The number of aromatic hydroxyl groups is 2. The maximum atomic E-state index is 12.5. The van der Waals surface area contributed by atoms with Crippen LogP contribution >= 0.6 is 0 Å². The molecule has 0 saturated carbocycles.